The highest BCUT2D eigenvalue weighted by molar-refractivity contribution is 7.89. The third-order valence-corrected chi connectivity index (χ3v) is 7.92. The highest BCUT2D eigenvalue weighted by atomic mass is 32.2. The molecule has 0 bridgehead atoms. The van der Waals surface area contributed by atoms with Crippen molar-refractivity contribution in [2.24, 2.45) is 0 Å². The Hall–Kier alpha value is -2.52. The van der Waals surface area contributed by atoms with Gasteiger partial charge in [-0.3, -0.25) is 9.69 Å². The van der Waals surface area contributed by atoms with Crippen LogP contribution in [0.3, 0.4) is 0 Å². The lowest BCUT2D eigenvalue weighted by Gasteiger charge is -2.28. The van der Waals surface area contributed by atoms with Gasteiger partial charge in [0, 0.05) is 23.5 Å². The maximum Gasteiger partial charge on any atom is 0.251 e. The van der Waals surface area contributed by atoms with Gasteiger partial charge in [-0.05, 0) is 61.1 Å². The molecule has 3 aromatic rings. The van der Waals surface area contributed by atoms with E-state index >= 15 is 0 Å². The van der Waals surface area contributed by atoms with E-state index < -0.39 is 10.0 Å². The molecular formula is C24H27N3O3S2. The van der Waals surface area contributed by atoms with E-state index in [-0.39, 0.29) is 23.4 Å². The Bertz CT molecular complexity index is 1130. The molecule has 1 aliphatic heterocycles. The first-order valence-corrected chi connectivity index (χ1v) is 13.1. The van der Waals surface area contributed by atoms with Crippen LogP contribution in [-0.2, 0) is 16.6 Å². The van der Waals surface area contributed by atoms with Crippen molar-refractivity contribution in [3.63, 3.8) is 0 Å². The molecule has 0 saturated carbocycles. The molecule has 1 fully saturated rings. The van der Waals surface area contributed by atoms with Crippen LogP contribution < -0.4 is 10.0 Å². The molecule has 1 aliphatic rings. The van der Waals surface area contributed by atoms with Crippen LogP contribution in [0, 0.1) is 0 Å². The van der Waals surface area contributed by atoms with Crippen LogP contribution in [-0.4, -0.2) is 38.9 Å². The zero-order valence-corrected chi connectivity index (χ0v) is 19.4. The molecular weight excluding hydrogens is 442 g/mol. The van der Waals surface area contributed by atoms with Gasteiger partial charge in [0.1, 0.15) is 0 Å². The van der Waals surface area contributed by atoms with Crippen LogP contribution in [0.4, 0.5) is 0 Å². The zero-order valence-electron chi connectivity index (χ0n) is 17.7. The summed E-state index contributed by atoms with van der Waals surface area (Å²) in [6, 6.07) is 20.2. The molecule has 1 saturated heterocycles. The van der Waals surface area contributed by atoms with Gasteiger partial charge in [-0.25, -0.2) is 13.1 Å². The van der Waals surface area contributed by atoms with Crippen molar-refractivity contribution in [2.75, 3.05) is 19.6 Å². The van der Waals surface area contributed by atoms with Crippen molar-refractivity contribution < 1.29 is 13.2 Å². The standard InChI is InChI=1S/C24H27N3O3S2/c28-24(25-18-23(27-13-4-5-14-27)19-8-2-1-3-9-19)20-10-6-12-22(16-20)32(29,30)26-17-21-11-7-15-31-21/h1-3,6-12,15-16,23,26H,4-5,13-14,17-18H2,(H,25,28). The number of nitrogens with one attached hydrogen (secondary N) is 2. The monoisotopic (exact) mass is 469 g/mol. The molecule has 4 rings (SSSR count). The lowest BCUT2D eigenvalue weighted by Crippen LogP contribution is -2.36. The Morgan fingerprint density at radius 3 is 2.50 bits per heavy atom. The minimum atomic E-state index is -3.71. The summed E-state index contributed by atoms with van der Waals surface area (Å²) in [6.45, 7) is 2.72. The molecule has 32 heavy (non-hydrogen) atoms. The highest BCUT2D eigenvalue weighted by Crippen LogP contribution is 2.24. The van der Waals surface area contributed by atoms with Gasteiger partial charge in [0.25, 0.3) is 5.91 Å². The Morgan fingerprint density at radius 1 is 1.00 bits per heavy atom. The smallest absolute Gasteiger partial charge is 0.251 e. The number of thiophene rings is 1. The summed E-state index contributed by atoms with van der Waals surface area (Å²) in [7, 11) is -3.71. The molecule has 0 spiro atoms. The zero-order chi connectivity index (χ0) is 22.4. The van der Waals surface area contributed by atoms with Crippen molar-refractivity contribution >= 4 is 27.3 Å². The maximum atomic E-state index is 12.9. The Morgan fingerprint density at radius 2 is 1.78 bits per heavy atom. The van der Waals surface area contributed by atoms with Gasteiger partial charge >= 0.3 is 0 Å². The van der Waals surface area contributed by atoms with Gasteiger partial charge in [-0.2, -0.15) is 0 Å². The summed E-state index contributed by atoms with van der Waals surface area (Å²) in [6.07, 6.45) is 2.32. The van der Waals surface area contributed by atoms with Crippen molar-refractivity contribution in [1.29, 1.82) is 0 Å². The van der Waals surface area contributed by atoms with E-state index in [0.29, 0.717) is 12.1 Å². The number of carbonyl (C=O) groups is 1. The summed E-state index contributed by atoms with van der Waals surface area (Å²) < 4.78 is 28.0. The number of hydrogen-bond acceptors (Lipinski definition) is 5. The molecule has 6 nitrogen and oxygen atoms in total. The second-order valence-electron chi connectivity index (χ2n) is 7.81. The molecule has 1 aromatic heterocycles. The maximum absolute atomic E-state index is 12.9. The molecule has 0 aliphatic carbocycles. The van der Waals surface area contributed by atoms with Crippen LogP contribution >= 0.6 is 11.3 Å². The van der Waals surface area contributed by atoms with E-state index in [4.69, 9.17) is 0 Å². The Balaban J connectivity index is 1.43. The summed E-state index contributed by atoms with van der Waals surface area (Å²) in [5.41, 5.74) is 1.50. The average molecular weight is 470 g/mol. The lowest BCUT2D eigenvalue weighted by molar-refractivity contribution is 0.0937. The predicted molar refractivity (Wildman–Crippen MR) is 127 cm³/mol. The third-order valence-electron chi connectivity index (χ3n) is 5.64. The molecule has 168 valence electrons. The van der Waals surface area contributed by atoms with E-state index in [1.165, 1.54) is 29.0 Å². The minimum absolute atomic E-state index is 0.0841. The first-order valence-electron chi connectivity index (χ1n) is 10.7. The van der Waals surface area contributed by atoms with Gasteiger partial charge in [0.15, 0.2) is 0 Å². The molecule has 2 heterocycles. The molecule has 1 unspecified atom stereocenters. The summed E-state index contributed by atoms with van der Waals surface area (Å²) >= 11 is 1.49. The number of likely N-dealkylation sites (tertiary alicyclic amines) is 1. The Kier molecular flexibility index (Phi) is 7.36. The second-order valence-corrected chi connectivity index (χ2v) is 10.6. The van der Waals surface area contributed by atoms with Gasteiger partial charge in [0.05, 0.1) is 10.9 Å². The Labute approximate surface area is 193 Å². The summed E-state index contributed by atoms with van der Waals surface area (Å²) in [5, 5.41) is 4.92. The fourth-order valence-electron chi connectivity index (χ4n) is 3.94. The van der Waals surface area contributed by atoms with Crippen LogP contribution in [0.1, 0.15) is 39.7 Å². The number of nitrogens with zero attached hydrogens (tertiary/aromatic N) is 1. The van der Waals surface area contributed by atoms with Crippen molar-refractivity contribution in [1.82, 2.24) is 14.9 Å². The van der Waals surface area contributed by atoms with Gasteiger partial charge < -0.3 is 5.32 Å². The SMILES string of the molecule is O=C(NCC(c1ccccc1)N1CCCC1)c1cccc(S(=O)(=O)NCc2cccs2)c1. The minimum Gasteiger partial charge on any atom is -0.350 e. The van der Waals surface area contributed by atoms with Crippen LogP contribution in [0.15, 0.2) is 77.0 Å². The van der Waals surface area contributed by atoms with Gasteiger partial charge in [-0.1, -0.05) is 42.5 Å². The quantitative estimate of drug-likeness (QED) is 0.500. The van der Waals surface area contributed by atoms with Crippen LogP contribution in [0.5, 0.6) is 0 Å². The van der Waals surface area contributed by atoms with E-state index in [9.17, 15) is 13.2 Å². The van der Waals surface area contributed by atoms with Crippen molar-refractivity contribution in [3.05, 3.63) is 88.1 Å². The fraction of sp³-hybridized carbons (Fsp3) is 0.292. The van der Waals surface area contributed by atoms with Crippen LogP contribution in [0.25, 0.3) is 0 Å². The molecule has 8 heteroatoms. The van der Waals surface area contributed by atoms with Gasteiger partial charge in [0.2, 0.25) is 10.0 Å². The first kappa shape index (κ1) is 22.7. The number of carbonyl (C=O) groups excluding carboxylic acids is 1. The lowest BCUT2D eigenvalue weighted by atomic mass is 10.1. The summed E-state index contributed by atoms with van der Waals surface area (Å²) in [4.78, 5) is 16.3. The first-order chi connectivity index (χ1) is 15.5. The summed E-state index contributed by atoms with van der Waals surface area (Å²) in [5.74, 6) is -0.277. The molecule has 1 atom stereocenters. The van der Waals surface area contributed by atoms with E-state index in [0.717, 1.165) is 30.8 Å². The largest absolute Gasteiger partial charge is 0.350 e. The third kappa shape index (κ3) is 5.63. The number of hydrogen-bond donors (Lipinski definition) is 2. The van der Waals surface area contributed by atoms with E-state index in [1.54, 1.807) is 12.1 Å². The molecule has 1 amide bonds. The molecule has 2 N–H and O–H groups in total. The van der Waals surface area contributed by atoms with Gasteiger partial charge in [-0.15, -0.1) is 11.3 Å². The highest BCUT2D eigenvalue weighted by Gasteiger charge is 2.24. The number of amides is 1. The topological polar surface area (TPSA) is 78.5 Å². The number of benzene rings is 2. The second kappa shape index (κ2) is 10.4. The molecule has 0 radical (unpaired) electrons. The predicted octanol–water partition coefficient (Wildman–Crippen LogP) is 3.79. The number of sulfonamides is 1. The van der Waals surface area contributed by atoms with Crippen LogP contribution in [0.2, 0.25) is 0 Å². The fourth-order valence-corrected chi connectivity index (χ4v) is 5.73. The number of rotatable bonds is 9. The van der Waals surface area contributed by atoms with E-state index in [2.05, 4.69) is 27.1 Å². The van der Waals surface area contributed by atoms with Crippen molar-refractivity contribution in [2.45, 2.75) is 30.3 Å². The average Bonchev–Trinajstić information content (AvgIpc) is 3.53. The molecule has 2 aromatic carbocycles. The van der Waals surface area contributed by atoms with Crippen molar-refractivity contribution in [3.8, 4) is 0 Å². The normalized spacial score (nSPS) is 15.5. The van der Waals surface area contributed by atoms with E-state index in [1.807, 2.05) is 35.7 Å².